The monoisotopic (exact) mass is 263 g/mol. The predicted molar refractivity (Wildman–Crippen MR) is 73.1 cm³/mol. The van der Waals surface area contributed by atoms with Gasteiger partial charge in [-0.1, -0.05) is 6.92 Å². The van der Waals surface area contributed by atoms with Gasteiger partial charge in [-0.3, -0.25) is 9.78 Å². The zero-order chi connectivity index (χ0) is 13.7. The molecule has 1 aliphatic rings. The Kier molecular flexibility index (Phi) is 4.74. The van der Waals surface area contributed by atoms with E-state index in [-0.39, 0.29) is 17.7 Å². The van der Waals surface area contributed by atoms with Crippen molar-refractivity contribution in [3.63, 3.8) is 0 Å². The number of nitrogens with zero attached hydrogens (tertiary/aromatic N) is 2. The van der Waals surface area contributed by atoms with Crippen LogP contribution in [-0.2, 0) is 0 Å². The molecule has 0 spiro atoms. The summed E-state index contributed by atoms with van der Waals surface area (Å²) in [5.41, 5.74) is 0.342. The summed E-state index contributed by atoms with van der Waals surface area (Å²) in [4.78, 5) is 18.3. The van der Waals surface area contributed by atoms with E-state index >= 15 is 0 Å². The highest BCUT2D eigenvalue weighted by Crippen LogP contribution is 2.20. The van der Waals surface area contributed by atoms with E-state index in [4.69, 9.17) is 0 Å². The maximum absolute atomic E-state index is 12.6. The number of nitrogens with one attached hydrogen (secondary N) is 1. The minimum atomic E-state index is -0.101. The highest BCUT2D eigenvalue weighted by Gasteiger charge is 2.26. The van der Waals surface area contributed by atoms with Gasteiger partial charge in [0.25, 0.3) is 5.91 Å². The Morgan fingerprint density at radius 3 is 3.11 bits per heavy atom. The molecule has 1 aliphatic heterocycles. The number of carbonyl (C=O) groups is 1. The molecule has 1 saturated heterocycles. The lowest BCUT2D eigenvalue weighted by Crippen LogP contribution is -2.49. The standard InChI is InChI=1S/C14H21N3O2/c1-2-8-17(11-4-3-6-15-9-11)14(19)12-5-7-16-10-13(12)18/h5,7,10-11,15,18H,2-4,6,8-9H2,1H3. The fourth-order valence-electron chi connectivity index (χ4n) is 2.51. The second kappa shape index (κ2) is 6.52. The molecule has 2 N–H and O–H groups in total. The van der Waals surface area contributed by atoms with Crippen LogP contribution in [0.5, 0.6) is 5.75 Å². The van der Waals surface area contributed by atoms with Crippen LogP contribution in [0, 0.1) is 0 Å². The number of hydrogen-bond donors (Lipinski definition) is 2. The van der Waals surface area contributed by atoms with Crippen LogP contribution in [0.15, 0.2) is 18.5 Å². The van der Waals surface area contributed by atoms with Gasteiger partial charge in [0.15, 0.2) is 0 Å². The number of pyridine rings is 1. The molecular formula is C14H21N3O2. The van der Waals surface area contributed by atoms with Gasteiger partial charge in [0.2, 0.25) is 0 Å². The lowest BCUT2D eigenvalue weighted by atomic mass is 10.0. The van der Waals surface area contributed by atoms with Crippen LogP contribution >= 0.6 is 0 Å². The topological polar surface area (TPSA) is 65.5 Å². The van der Waals surface area contributed by atoms with Gasteiger partial charge in [0, 0.05) is 25.3 Å². The summed E-state index contributed by atoms with van der Waals surface area (Å²) in [6.45, 7) is 4.62. The van der Waals surface area contributed by atoms with Gasteiger partial charge < -0.3 is 15.3 Å². The van der Waals surface area contributed by atoms with Crippen LogP contribution in [0.2, 0.25) is 0 Å². The Morgan fingerprint density at radius 2 is 2.47 bits per heavy atom. The third kappa shape index (κ3) is 3.23. The maximum atomic E-state index is 12.6. The van der Waals surface area contributed by atoms with E-state index in [2.05, 4.69) is 17.2 Å². The molecule has 19 heavy (non-hydrogen) atoms. The van der Waals surface area contributed by atoms with Crippen LogP contribution in [0.4, 0.5) is 0 Å². The molecule has 5 heteroatoms. The van der Waals surface area contributed by atoms with Crippen molar-refractivity contribution in [2.75, 3.05) is 19.6 Å². The number of aromatic nitrogens is 1. The zero-order valence-electron chi connectivity index (χ0n) is 11.3. The Labute approximate surface area is 113 Å². The zero-order valence-corrected chi connectivity index (χ0v) is 11.3. The molecule has 2 rings (SSSR count). The molecule has 0 aromatic carbocycles. The van der Waals surface area contributed by atoms with Crippen LogP contribution in [0.1, 0.15) is 36.5 Å². The van der Waals surface area contributed by atoms with Gasteiger partial charge in [0.1, 0.15) is 5.75 Å². The molecule has 0 radical (unpaired) electrons. The van der Waals surface area contributed by atoms with Crippen molar-refractivity contribution >= 4 is 5.91 Å². The number of carbonyl (C=O) groups excluding carboxylic acids is 1. The van der Waals surface area contributed by atoms with Crippen molar-refractivity contribution in [1.82, 2.24) is 15.2 Å². The largest absolute Gasteiger partial charge is 0.505 e. The molecule has 1 fully saturated rings. The predicted octanol–water partition coefficient (Wildman–Crippen LogP) is 1.39. The Hall–Kier alpha value is -1.62. The Morgan fingerprint density at radius 1 is 1.63 bits per heavy atom. The second-order valence-corrected chi connectivity index (χ2v) is 4.89. The molecule has 0 bridgehead atoms. The fourth-order valence-corrected chi connectivity index (χ4v) is 2.51. The first-order valence-electron chi connectivity index (χ1n) is 6.88. The van der Waals surface area contributed by atoms with Crippen LogP contribution in [-0.4, -0.2) is 46.6 Å². The van der Waals surface area contributed by atoms with E-state index < -0.39 is 0 Å². The number of aromatic hydroxyl groups is 1. The summed E-state index contributed by atoms with van der Waals surface area (Å²) in [7, 11) is 0. The molecule has 1 aromatic rings. The molecule has 104 valence electrons. The van der Waals surface area contributed by atoms with Gasteiger partial charge in [-0.25, -0.2) is 0 Å². The summed E-state index contributed by atoms with van der Waals surface area (Å²) >= 11 is 0. The maximum Gasteiger partial charge on any atom is 0.258 e. The van der Waals surface area contributed by atoms with Crippen molar-refractivity contribution in [2.45, 2.75) is 32.2 Å². The lowest BCUT2D eigenvalue weighted by molar-refractivity contribution is 0.0646. The highest BCUT2D eigenvalue weighted by molar-refractivity contribution is 5.96. The van der Waals surface area contributed by atoms with Crippen molar-refractivity contribution in [2.24, 2.45) is 0 Å². The molecule has 1 aromatic heterocycles. The molecule has 0 aliphatic carbocycles. The Balaban J connectivity index is 2.18. The van der Waals surface area contributed by atoms with E-state index in [1.165, 1.54) is 12.4 Å². The van der Waals surface area contributed by atoms with E-state index in [0.29, 0.717) is 12.1 Å². The first-order chi connectivity index (χ1) is 9.24. The second-order valence-electron chi connectivity index (χ2n) is 4.89. The molecule has 5 nitrogen and oxygen atoms in total. The van der Waals surface area contributed by atoms with Crippen LogP contribution in [0.25, 0.3) is 0 Å². The number of amides is 1. The van der Waals surface area contributed by atoms with Gasteiger partial charge in [0.05, 0.1) is 11.8 Å². The molecule has 1 atom stereocenters. The van der Waals surface area contributed by atoms with Crippen molar-refractivity contribution < 1.29 is 9.90 Å². The van der Waals surface area contributed by atoms with E-state index in [0.717, 1.165) is 32.4 Å². The average Bonchev–Trinajstić information content (AvgIpc) is 2.45. The lowest BCUT2D eigenvalue weighted by Gasteiger charge is -2.34. The summed E-state index contributed by atoms with van der Waals surface area (Å²) in [6.07, 6.45) is 5.87. The van der Waals surface area contributed by atoms with Gasteiger partial charge in [-0.15, -0.1) is 0 Å². The molecular weight excluding hydrogens is 242 g/mol. The first-order valence-corrected chi connectivity index (χ1v) is 6.88. The smallest absolute Gasteiger partial charge is 0.258 e. The summed E-state index contributed by atoms with van der Waals surface area (Å²) in [6, 6.07) is 1.80. The summed E-state index contributed by atoms with van der Waals surface area (Å²) in [5.74, 6) is -0.146. The Bertz CT molecular complexity index is 430. The van der Waals surface area contributed by atoms with E-state index in [9.17, 15) is 9.90 Å². The quantitative estimate of drug-likeness (QED) is 0.861. The minimum absolute atomic E-state index is 0.0441. The third-order valence-corrected chi connectivity index (χ3v) is 3.47. The van der Waals surface area contributed by atoms with Crippen molar-refractivity contribution in [3.05, 3.63) is 24.0 Å². The van der Waals surface area contributed by atoms with Gasteiger partial charge in [-0.05, 0) is 31.9 Å². The normalized spacial score (nSPS) is 19.1. The summed E-state index contributed by atoms with van der Waals surface area (Å²) in [5, 5.41) is 13.1. The van der Waals surface area contributed by atoms with Crippen LogP contribution < -0.4 is 5.32 Å². The van der Waals surface area contributed by atoms with Crippen molar-refractivity contribution in [1.29, 1.82) is 0 Å². The number of rotatable bonds is 4. The first kappa shape index (κ1) is 13.8. The molecule has 1 unspecified atom stereocenters. The van der Waals surface area contributed by atoms with Crippen LogP contribution in [0.3, 0.4) is 0 Å². The molecule has 1 amide bonds. The third-order valence-electron chi connectivity index (χ3n) is 3.47. The fraction of sp³-hybridized carbons (Fsp3) is 0.571. The van der Waals surface area contributed by atoms with E-state index in [1.807, 2.05) is 4.90 Å². The number of piperidine rings is 1. The summed E-state index contributed by atoms with van der Waals surface area (Å²) < 4.78 is 0. The van der Waals surface area contributed by atoms with Gasteiger partial charge >= 0.3 is 0 Å². The van der Waals surface area contributed by atoms with Gasteiger partial charge in [-0.2, -0.15) is 0 Å². The molecule has 0 saturated carbocycles. The van der Waals surface area contributed by atoms with E-state index in [1.54, 1.807) is 6.07 Å². The van der Waals surface area contributed by atoms with Crippen molar-refractivity contribution in [3.8, 4) is 5.75 Å². The molecule has 2 heterocycles. The number of hydrogen-bond acceptors (Lipinski definition) is 4. The minimum Gasteiger partial charge on any atom is -0.505 e. The SMILES string of the molecule is CCCN(C(=O)c1ccncc1O)C1CCCNC1. The highest BCUT2D eigenvalue weighted by atomic mass is 16.3. The average molecular weight is 263 g/mol.